The molecular formula is C10H19F3N2. The predicted octanol–water partition coefficient (Wildman–Crippen LogP) is 2.05. The average molecular weight is 224 g/mol. The van der Waals surface area contributed by atoms with E-state index in [0.29, 0.717) is 13.1 Å². The van der Waals surface area contributed by atoms with E-state index in [2.05, 4.69) is 5.32 Å². The van der Waals surface area contributed by atoms with Gasteiger partial charge in [-0.05, 0) is 24.8 Å². The van der Waals surface area contributed by atoms with Gasteiger partial charge in [-0.25, -0.2) is 0 Å². The first-order valence-corrected chi connectivity index (χ1v) is 5.45. The fourth-order valence-corrected chi connectivity index (χ4v) is 2.22. The smallest absolute Gasteiger partial charge is 0.330 e. The molecule has 5 heteroatoms. The minimum absolute atomic E-state index is 0.0937. The van der Waals surface area contributed by atoms with E-state index in [0.717, 1.165) is 25.7 Å². The number of nitrogens with two attached hydrogens (primary N) is 1. The third kappa shape index (κ3) is 4.38. The molecule has 1 fully saturated rings. The normalized spacial score (nSPS) is 21.6. The Bertz CT molecular complexity index is 186. The second-order valence-electron chi connectivity index (χ2n) is 4.48. The zero-order valence-corrected chi connectivity index (χ0v) is 8.87. The Balaban J connectivity index is 2.33. The first kappa shape index (κ1) is 12.8. The number of rotatable bonds is 4. The van der Waals surface area contributed by atoms with E-state index in [4.69, 9.17) is 5.73 Å². The summed E-state index contributed by atoms with van der Waals surface area (Å²) in [6, 6.07) is 0. The van der Waals surface area contributed by atoms with Crippen molar-refractivity contribution in [3.8, 4) is 0 Å². The summed E-state index contributed by atoms with van der Waals surface area (Å²) >= 11 is 0. The zero-order chi connectivity index (χ0) is 11.4. The summed E-state index contributed by atoms with van der Waals surface area (Å²) in [7, 11) is 0. The summed E-state index contributed by atoms with van der Waals surface area (Å²) in [5.41, 5.74) is 5.57. The van der Waals surface area contributed by atoms with E-state index in [1.807, 2.05) is 0 Å². The summed E-state index contributed by atoms with van der Waals surface area (Å²) in [6.45, 7) is -0.0321. The van der Waals surface area contributed by atoms with Crippen molar-refractivity contribution in [2.45, 2.75) is 38.3 Å². The lowest BCUT2D eigenvalue weighted by molar-refractivity contribution is -0.125. The SMILES string of the molecule is NCC1(CNCC(F)(F)F)CCCCC1. The Morgan fingerprint density at radius 2 is 1.73 bits per heavy atom. The molecule has 0 atom stereocenters. The molecule has 0 saturated heterocycles. The van der Waals surface area contributed by atoms with Crippen LogP contribution in [0.5, 0.6) is 0 Å². The van der Waals surface area contributed by atoms with Crippen LogP contribution in [-0.4, -0.2) is 25.8 Å². The molecule has 0 aromatic carbocycles. The molecule has 0 heterocycles. The van der Waals surface area contributed by atoms with Gasteiger partial charge < -0.3 is 11.1 Å². The molecule has 1 rings (SSSR count). The highest BCUT2D eigenvalue weighted by Crippen LogP contribution is 2.34. The maximum absolute atomic E-state index is 11.9. The van der Waals surface area contributed by atoms with Gasteiger partial charge in [-0.3, -0.25) is 0 Å². The van der Waals surface area contributed by atoms with Gasteiger partial charge in [0.25, 0.3) is 0 Å². The maximum atomic E-state index is 11.9. The van der Waals surface area contributed by atoms with E-state index < -0.39 is 12.7 Å². The number of hydrogen-bond donors (Lipinski definition) is 2. The van der Waals surface area contributed by atoms with E-state index in [1.54, 1.807) is 0 Å². The van der Waals surface area contributed by atoms with Gasteiger partial charge in [-0.15, -0.1) is 0 Å². The zero-order valence-electron chi connectivity index (χ0n) is 8.87. The number of halogens is 3. The lowest BCUT2D eigenvalue weighted by Gasteiger charge is -2.36. The van der Waals surface area contributed by atoms with E-state index in [-0.39, 0.29) is 5.41 Å². The van der Waals surface area contributed by atoms with Crippen molar-refractivity contribution in [2.75, 3.05) is 19.6 Å². The monoisotopic (exact) mass is 224 g/mol. The van der Waals surface area contributed by atoms with Crippen LogP contribution in [0.4, 0.5) is 13.2 Å². The third-order valence-corrected chi connectivity index (χ3v) is 3.17. The molecule has 1 saturated carbocycles. The Morgan fingerprint density at radius 3 is 2.20 bits per heavy atom. The van der Waals surface area contributed by atoms with Crippen LogP contribution in [0.15, 0.2) is 0 Å². The van der Waals surface area contributed by atoms with Crippen LogP contribution in [0.3, 0.4) is 0 Å². The van der Waals surface area contributed by atoms with Crippen molar-refractivity contribution in [2.24, 2.45) is 11.1 Å². The van der Waals surface area contributed by atoms with Crippen LogP contribution in [0.25, 0.3) is 0 Å². The molecule has 0 unspecified atom stereocenters. The fraction of sp³-hybridized carbons (Fsp3) is 1.00. The van der Waals surface area contributed by atoms with Crippen LogP contribution >= 0.6 is 0 Å². The average Bonchev–Trinajstić information content (AvgIpc) is 2.17. The molecule has 0 amide bonds. The summed E-state index contributed by atoms with van der Waals surface area (Å²) < 4.78 is 35.8. The quantitative estimate of drug-likeness (QED) is 0.767. The number of alkyl halides is 3. The molecule has 0 radical (unpaired) electrons. The highest BCUT2D eigenvalue weighted by molar-refractivity contribution is 4.85. The summed E-state index contributed by atoms with van der Waals surface area (Å²) in [5.74, 6) is 0. The molecule has 0 bridgehead atoms. The van der Waals surface area contributed by atoms with Crippen LogP contribution in [0.1, 0.15) is 32.1 Å². The molecule has 1 aliphatic carbocycles. The van der Waals surface area contributed by atoms with Crippen molar-refractivity contribution in [3.05, 3.63) is 0 Å². The Labute approximate surface area is 88.4 Å². The predicted molar refractivity (Wildman–Crippen MR) is 53.5 cm³/mol. The minimum Gasteiger partial charge on any atom is -0.330 e. The Kier molecular flexibility index (Phi) is 4.40. The molecule has 2 nitrogen and oxygen atoms in total. The topological polar surface area (TPSA) is 38.0 Å². The molecular weight excluding hydrogens is 205 g/mol. The Hall–Kier alpha value is -0.290. The Morgan fingerprint density at radius 1 is 1.13 bits per heavy atom. The molecule has 0 aromatic heterocycles. The molecule has 0 aliphatic heterocycles. The van der Waals surface area contributed by atoms with Crippen LogP contribution in [0, 0.1) is 5.41 Å². The van der Waals surface area contributed by atoms with Gasteiger partial charge in [0, 0.05) is 6.54 Å². The molecule has 3 N–H and O–H groups in total. The number of hydrogen-bond acceptors (Lipinski definition) is 2. The van der Waals surface area contributed by atoms with Gasteiger partial charge in [0.05, 0.1) is 6.54 Å². The molecule has 90 valence electrons. The lowest BCUT2D eigenvalue weighted by Crippen LogP contribution is -2.44. The first-order valence-electron chi connectivity index (χ1n) is 5.45. The van der Waals surface area contributed by atoms with Crippen LogP contribution in [0.2, 0.25) is 0 Å². The molecule has 1 aliphatic rings. The highest BCUT2D eigenvalue weighted by Gasteiger charge is 2.32. The highest BCUT2D eigenvalue weighted by atomic mass is 19.4. The summed E-state index contributed by atoms with van der Waals surface area (Å²) in [6.07, 6.45) is 1.14. The van der Waals surface area contributed by atoms with Crippen LogP contribution in [-0.2, 0) is 0 Å². The minimum atomic E-state index is -4.12. The van der Waals surface area contributed by atoms with Gasteiger partial charge in [0.1, 0.15) is 0 Å². The third-order valence-electron chi connectivity index (χ3n) is 3.17. The fourth-order valence-electron chi connectivity index (χ4n) is 2.22. The van der Waals surface area contributed by atoms with Crippen molar-refractivity contribution in [1.29, 1.82) is 0 Å². The largest absolute Gasteiger partial charge is 0.401 e. The standard InChI is InChI=1S/C10H19F3N2/c11-10(12,13)8-15-7-9(6-14)4-2-1-3-5-9/h15H,1-8,14H2. The lowest BCUT2D eigenvalue weighted by atomic mass is 9.74. The summed E-state index contributed by atoms with van der Waals surface area (Å²) in [5, 5.41) is 2.48. The van der Waals surface area contributed by atoms with Gasteiger partial charge in [0.15, 0.2) is 0 Å². The van der Waals surface area contributed by atoms with Crippen molar-refractivity contribution in [3.63, 3.8) is 0 Å². The first-order chi connectivity index (χ1) is 6.97. The van der Waals surface area contributed by atoms with E-state index in [1.165, 1.54) is 6.42 Å². The van der Waals surface area contributed by atoms with Crippen molar-refractivity contribution in [1.82, 2.24) is 5.32 Å². The second-order valence-corrected chi connectivity index (χ2v) is 4.48. The summed E-state index contributed by atoms with van der Waals surface area (Å²) in [4.78, 5) is 0. The van der Waals surface area contributed by atoms with Gasteiger partial charge in [-0.1, -0.05) is 19.3 Å². The van der Waals surface area contributed by atoms with Crippen LogP contribution < -0.4 is 11.1 Å². The number of nitrogens with one attached hydrogen (secondary N) is 1. The van der Waals surface area contributed by atoms with Crippen molar-refractivity contribution >= 4 is 0 Å². The van der Waals surface area contributed by atoms with Gasteiger partial charge in [-0.2, -0.15) is 13.2 Å². The molecule has 0 aromatic rings. The second kappa shape index (κ2) is 5.16. The van der Waals surface area contributed by atoms with E-state index in [9.17, 15) is 13.2 Å². The van der Waals surface area contributed by atoms with E-state index >= 15 is 0 Å². The van der Waals surface area contributed by atoms with Crippen molar-refractivity contribution < 1.29 is 13.2 Å². The molecule has 0 spiro atoms. The van der Waals surface area contributed by atoms with Gasteiger partial charge >= 0.3 is 6.18 Å². The van der Waals surface area contributed by atoms with Gasteiger partial charge in [0.2, 0.25) is 0 Å². The maximum Gasteiger partial charge on any atom is 0.401 e. The molecule has 15 heavy (non-hydrogen) atoms.